The minimum Gasteiger partial charge on any atom is -0.298 e. The molecule has 0 radical (unpaired) electrons. The molecular formula is C21H18FN3O. The lowest BCUT2D eigenvalue weighted by Crippen LogP contribution is -2.29. The van der Waals surface area contributed by atoms with Crippen molar-refractivity contribution in [1.29, 1.82) is 0 Å². The van der Waals surface area contributed by atoms with E-state index in [0.29, 0.717) is 5.82 Å². The molecule has 0 unspecified atom stereocenters. The molecule has 2 aromatic carbocycles. The lowest BCUT2D eigenvalue weighted by Gasteiger charge is -2.16. The largest absolute Gasteiger partial charge is 0.298 e. The third-order valence-electron chi connectivity index (χ3n) is 4.80. The fraction of sp³-hybridized carbons (Fsp3) is 0.190. The van der Waals surface area contributed by atoms with Gasteiger partial charge in [-0.2, -0.15) is 0 Å². The highest BCUT2D eigenvalue weighted by Gasteiger charge is 2.45. The number of benzene rings is 2. The van der Waals surface area contributed by atoms with Crippen molar-refractivity contribution in [3.05, 3.63) is 78.1 Å². The maximum absolute atomic E-state index is 13.0. The first-order valence-corrected chi connectivity index (χ1v) is 8.55. The molecule has 26 heavy (non-hydrogen) atoms. The second-order valence-electron chi connectivity index (χ2n) is 6.54. The SMILES string of the molecule is CN(C(=O)[C@@H]1C[C@@H]1c1ccc(F)cc1)c1ccc(-c2ccccc2)nn1. The van der Waals surface area contributed by atoms with E-state index in [1.54, 1.807) is 24.1 Å². The van der Waals surface area contributed by atoms with Crippen LogP contribution in [0, 0.1) is 11.7 Å². The number of hydrogen-bond donors (Lipinski definition) is 0. The molecule has 0 saturated heterocycles. The first kappa shape index (κ1) is 16.4. The van der Waals surface area contributed by atoms with E-state index < -0.39 is 0 Å². The number of amides is 1. The summed E-state index contributed by atoms with van der Waals surface area (Å²) in [6.45, 7) is 0. The van der Waals surface area contributed by atoms with E-state index in [9.17, 15) is 9.18 Å². The van der Waals surface area contributed by atoms with Crippen LogP contribution in [0.2, 0.25) is 0 Å². The van der Waals surface area contributed by atoms with Gasteiger partial charge in [-0.25, -0.2) is 4.39 Å². The van der Waals surface area contributed by atoms with Crippen LogP contribution >= 0.6 is 0 Å². The van der Waals surface area contributed by atoms with Gasteiger partial charge >= 0.3 is 0 Å². The molecule has 1 aliphatic carbocycles. The summed E-state index contributed by atoms with van der Waals surface area (Å²) in [7, 11) is 1.72. The van der Waals surface area contributed by atoms with Crippen molar-refractivity contribution in [1.82, 2.24) is 10.2 Å². The summed E-state index contributed by atoms with van der Waals surface area (Å²) in [6.07, 6.45) is 0.782. The van der Waals surface area contributed by atoms with Crippen molar-refractivity contribution in [2.75, 3.05) is 11.9 Å². The van der Waals surface area contributed by atoms with Gasteiger partial charge < -0.3 is 0 Å². The Hall–Kier alpha value is -3.08. The molecule has 130 valence electrons. The first-order valence-electron chi connectivity index (χ1n) is 8.55. The molecule has 1 amide bonds. The van der Waals surface area contributed by atoms with Gasteiger partial charge in [0.2, 0.25) is 5.91 Å². The van der Waals surface area contributed by atoms with Gasteiger partial charge in [-0.1, -0.05) is 42.5 Å². The molecule has 3 aromatic rings. The monoisotopic (exact) mass is 347 g/mol. The Balaban J connectivity index is 1.45. The number of rotatable bonds is 4. The highest BCUT2D eigenvalue weighted by Crippen LogP contribution is 2.48. The fourth-order valence-corrected chi connectivity index (χ4v) is 3.17. The molecule has 1 fully saturated rings. The van der Waals surface area contributed by atoms with E-state index in [4.69, 9.17) is 0 Å². The van der Waals surface area contributed by atoms with E-state index in [1.807, 2.05) is 42.5 Å². The van der Waals surface area contributed by atoms with Crippen LogP contribution in [-0.4, -0.2) is 23.2 Å². The quantitative estimate of drug-likeness (QED) is 0.715. The third kappa shape index (κ3) is 3.20. The summed E-state index contributed by atoms with van der Waals surface area (Å²) in [4.78, 5) is 14.2. The average molecular weight is 347 g/mol. The summed E-state index contributed by atoms with van der Waals surface area (Å²) < 4.78 is 13.0. The van der Waals surface area contributed by atoms with Crippen LogP contribution in [0.15, 0.2) is 66.7 Å². The van der Waals surface area contributed by atoms with Gasteiger partial charge in [-0.3, -0.25) is 9.69 Å². The lowest BCUT2D eigenvalue weighted by molar-refractivity contribution is -0.119. The number of nitrogens with zero attached hydrogens (tertiary/aromatic N) is 3. The smallest absolute Gasteiger partial charge is 0.231 e. The summed E-state index contributed by atoms with van der Waals surface area (Å²) >= 11 is 0. The summed E-state index contributed by atoms with van der Waals surface area (Å²) in [6, 6.07) is 19.8. The highest BCUT2D eigenvalue weighted by atomic mass is 19.1. The molecule has 0 aliphatic heterocycles. The van der Waals surface area contributed by atoms with Gasteiger partial charge in [0.15, 0.2) is 5.82 Å². The number of hydrogen-bond acceptors (Lipinski definition) is 3. The Bertz CT molecular complexity index is 910. The van der Waals surface area contributed by atoms with Crippen molar-refractivity contribution >= 4 is 11.7 Å². The Morgan fingerprint density at radius 2 is 1.73 bits per heavy atom. The van der Waals surface area contributed by atoms with Crippen LogP contribution in [0.5, 0.6) is 0 Å². The van der Waals surface area contributed by atoms with Crippen LogP contribution < -0.4 is 4.90 Å². The van der Waals surface area contributed by atoms with E-state index in [-0.39, 0.29) is 23.6 Å². The van der Waals surface area contributed by atoms with Crippen LogP contribution in [0.25, 0.3) is 11.3 Å². The Morgan fingerprint density at radius 1 is 1.00 bits per heavy atom. The van der Waals surface area contributed by atoms with Crippen molar-refractivity contribution in [3.8, 4) is 11.3 Å². The van der Waals surface area contributed by atoms with Crippen LogP contribution in [0.4, 0.5) is 10.2 Å². The molecule has 1 saturated carbocycles. The van der Waals surface area contributed by atoms with Crippen molar-refractivity contribution in [2.24, 2.45) is 5.92 Å². The zero-order valence-corrected chi connectivity index (χ0v) is 14.3. The van der Waals surface area contributed by atoms with Gasteiger partial charge in [0.1, 0.15) is 5.82 Å². The lowest BCUT2D eigenvalue weighted by atomic mass is 10.1. The second-order valence-corrected chi connectivity index (χ2v) is 6.54. The molecule has 0 bridgehead atoms. The zero-order chi connectivity index (χ0) is 18.1. The molecule has 2 atom stereocenters. The van der Waals surface area contributed by atoms with Gasteiger partial charge in [-0.05, 0) is 42.2 Å². The fourth-order valence-electron chi connectivity index (χ4n) is 3.17. The molecule has 0 N–H and O–H groups in total. The number of carbonyl (C=O) groups excluding carboxylic acids is 1. The maximum Gasteiger partial charge on any atom is 0.231 e. The Kier molecular flexibility index (Phi) is 4.21. The Labute approximate surface area is 151 Å². The molecule has 1 heterocycles. The Morgan fingerprint density at radius 3 is 2.38 bits per heavy atom. The second kappa shape index (κ2) is 6.67. The molecule has 1 aliphatic rings. The number of anilines is 1. The molecule has 4 rings (SSSR count). The number of halogens is 1. The number of carbonyl (C=O) groups is 1. The van der Waals surface area contributed by atoms with Crippen LogP contribution in [0.3, 0.4) is 0 Å². The number of aromatic nitrogens is 2. The summed E-state index contributed by atoms with van der Waals surface area (Å²) in [5.41, 5.74) is 2.76. The zero-order valence-electron chi connectivity index (χ0n) is 14.3. The average Bonchev–Trinajstić information content (AvgIpc) is 3.49. The molecule has 0 spiro atoms. The predicted molar refractivity (Wildman–Crippen MR) is 98.1 cm³/mol. The van der Waals surface area contributed by atoms with Crippen molar-refractivity contribution < 1.29 is 9.18 Å². The predicted octanol–water partition coefficient (Wildman–Crippen LogP) is 4.05. The van der Waals surface area contributed by atoms with E-state index in [1.165, 1.54) is 12.1 Å². The van der Waals surface area contributed by atoms with E-state index in [0.717, 1.165) is 23.2 Å². The first-order chi connectivity index (χ1) is 12.6. The van der Waals surface area contributed by atoms with Crippen LogP contribution in [-0.2, 0) is 4.79 Å². The highest BCUT2D eigenvalue weighted by molar-refractivity contribution is 5.96. The summed E-state index contributed by atoms with van der Waals surface area (Å²) in [5.74, 6) is 0.354. The van der Waals surface area contributed by atoms with E-state index >= 15 is 0 Å². The minimum absolute atomic E-state index is 0.0149. The molecule has 5 heteroatoms. The topological polar surface area (TPSA) is 46.1 Å². The molecule has 1 aromatic heterocycles. The maximum atomic E-state index is 13.0. The molecule has 4 nitrogen and oxygen atoms in total. The van der Waals surface area contributed by atoms with E-state index in [2.05, 4.69) is 10.2 Å². The van der Waals surface area contributed by atoms with Crippen LogP contribution in [0.1, 0.15) is 17.9 Å². The minimum atomic E-state index is -0.261. The van der Waals surface area contributed by atoms with Gasteiger partial charge in [0, 0.05) is 18.5 Å². The third-order valence-corrected chi connectivity index (χ3v) is 4.80. The molecular weight excluding hydrogens is 329 g/mol. The van der Waals surface area contributed by atoms with Gasteiger partial charge in [-0.15, -0.1) is 10.2 Å². The summed E-state index contributed by atoms with van der Waals surface area (Å²) in [5, 5.41) is 8.43. The standard InChI is InChI=1S/C21H18FN3O/c1-25(20-12-11-19(23-24-20)15-5-3-2-4-6-15)21(26)18-13-17(18)14-7-9-16(22)10-8-14/h2-12,17-18H,13H2,1H3/t17-,18-/m1/s1. The van der Waals surface area contributed by atoms with Gasteiger partial charge in [0.25, 0.3) is 0 Å². The van der Waals surface area contributed by atoms with Gasteiger partial charge in [0.05, 0.1) is 5.69 Å². The normalized spacial score (nSPS) is 18.4. The van der Waals surface area contributed by atoms with Crippen molar-refractivity contribution in [2.45, 2.75) is 12.3 Å². The van der Waals surface area contributed by atoms with Crippen molar-refractivity contribution in [3.63, 3.8) is 0 Å².